The van der Waals surface area contributed by atoms with Crippen molar-refractivity contribution in [3.63, 3.8) is 0 Å². The smallest absolute Gasteiger partial charge is 0.271 e. The number of aromatic nitrogens is 2. The van der Waals surface area contributed by atoms with E-state index in [4.69, 9.17) is 21.1 Å². The highest BCUT2D eigenvalue weighted by molar-refractivity contribution is 7.93. The molecule has 0 saturated carbocycles. The van der Waals surface area contributed by atoms with Gasteiger partial charge in [0.15, 0.2) is 4.90 Å². The van der Waals surface area contributed by atoms with Crippen molar-refractivity contribution < 1.29 is 17.9 Å². The van der Waals surface area contributed by atoms with Crippen LogP contribution in [0.5, 0.6) is 11.6 Å². The van der Waals surface area contributed by atoms with Crippen molar-refractivity contribution in [2.45, 2.75) is 25.3 Å². The second-order valence-corrected chi connectivity index (χ2v) is 8.97. The second kappa shape index (κ2) is 8.20. The molecule has 0 radical (unpaired) electrons. The van der Waals surface area contributed by atoms with Gasteiger partial charge in [-0.2, -0.15) is 0 Å². The second-order valence-electron chi connectivity index (χ2n) is 6.71. The van der Waals surface area contributed by atoms with Crippen LogP contribution in [0.3, 0.4) is 0 Å². The highest BCUT2D eigenvalue weighted by atomic mass is 35.5. The van der Waals surface area contributed by atoms with Gasteiger partial charge < -0.3 is 9.47 Å². The van der Waals surface area contributed by atoms with Crippen LogP contribution in [0.15, 0.2) is 53.6 Å². The van der Waals surface area contributed by atoms with E-state index in [0.29, 0.717) is 29.6 Å². The summed E-state index contributed by atoms with van der Waals surface area (Å²) in [4.78, 5) is 0.0483. The fraction of sp³-hybridized carbons (Fsp3) is 0.286. The van der Waals surface area contributed by atoms with Crippen molar-refractivity contribution in [1.82, 2.24) is 9.78 Å². The number of hydrogen-bond acceptors (Lipinski definition) is 5. The molecule has 0 bridgehead atoms. The van der Waals surface area contributed by atoms with Crippen molar-refractivity contribution in [3.05, 3.63) is 53.7 Å². The van der Waals surface area contributed by atoms with Gasteiger partial charge in [-0.1, -0.05) is 29.8 Å². The van der Waals surface area contributed by atoms with Gasteiger partial charge in [0.1, 0.15) is 12.4 Å². The van der Waals surface area contributed by atoms with Crippen molar-refractivity contribution in [1.29, 1.82) is 0 Å². The molecule has 4 rings (SSSR count). The van der Waals surface area contributed by atoms with Gasteiger partial charge in [-0.3, -0.25) is 8.99 Å². The summed E-state index contributed by atoms with van der Waals surface area (Å²) in [5, 5.41) is 4.86. The van der Waals surface area contributed by atoms with Crippen LogP contribution in [0.2, 0.25) is 5.02 Å². The molecule has 3 aromatic rings. The Balaban J connectivity index is 1.80. The SMILES string of the molecule is CCOc1nn(CC)cc1S(=O)(=O)N1CCOc2ccc(-c3cccc(Cl)c3)cc21. The average molecular weight is 448 g/mol. The van der Waals surface area contributed by atoms with E-state index in [9.17, 15) is 8.42 Å². The first-order valence-corrected chi connectivity index (χ1v) is 11.5. The molecule has 158 valence electrons. The molecule has 1 aromatic heterocycles. The third-order valence-corrected chi connectivity index (χ3v) is 6.84. The minimum atomic E-state index is -3.91. The van der Waals surface area contributed by atoms with Gasteiger partial charge in [0.05, 0.1) is 18.8 Å². The number of benzene rings is 2. The van der Waals surface area contributed by atoms with Crippen LogP contribution in [0, 0.1) is 0 Å². The van der Waals surface area contributed by atoms with E-state index in [-0.39, 0.29) is 23.9 Å². The molecular formula is C21H22ClN3O4S. The molecule has 0 fully saturated rings. The Morgan fingerprint density at radius 3 is 2.70 bits per heavy atom. The maximum Gasteiger partial charge on any atom is 0.271 e. The Labute approximate surface area is 180 Å². The van der Waals surface area contributed by atoms with Gasteiger partial charge in [-0.15, -0.1) is 5.10 Å². The minimum absolute atomic E-state index is 0.0483. The summed E-state index contributed by atoms with van der Waals surface area (Å²) in [5.74, 6) is 0.620. The normalized spacial score (nSPS) is 13.6. The van der Waals surface area contributed by atoms with Crippen molar-refractivity contribution in [2.75, 3.05) is 24.1 Å². The molecule has 0 N–H and O–H groups in total. The molecule has 30 heavy (non-hydrogen) atoms. The molecule has 0 saturated heterocycles. The predicted molar refractivity (Wildman–Crippen MR) is 116 cm³/mol. The van der Waals surface area contributed by atoms with E-state index < -0.39 is 10.0 Å². The van der Waals surface area contributed by atoms with Gasteiger partial charge in [0.25, 0.3) is 15.9 Å². The lowest BCUT2D eigenvalue weighted by Crippen LogP contribution is -2.38. The molecular weight excluding hydrogens is 426 g/mol. The first-order chi connectivity index (χ1) is 14.4. The molecule has 0 unspecified atom stereocenters. The summed E-state index contributed by atoms with van der Waals surface area (Å²) in [6.45, 7) is 4.99. The first-order valence-electron chi connectivity index (χ1n) is 9.69. The monoisotopic (exact) mass is 447 g/mol. The number of anilines is 1. The number of aryl methyl sites for hydroxylation is 1. The summed E-state index contributed by atoms with van der Waals surface area (Å²) in [6.07, 6.45) is 1.51. The molecule has 0 amide bonds. The Kier molecular flexibility index (Phi) is 5.62. The first kappa shape index (κ1) is 20.6. The van der Waals surface area contributed by atoms with Crippen LogP contribution in [0.4, 0.5) is 5.69 Å². The van der Waals surface area contributed by atoms with Crippen molar-refractivity contribution in [3.8, 4) is 22.8 Å². The zero-order valence-corrected chi connectivity index (χ0v) is 18.3. The Hall–Kier alpha value is -2.71. The minimum Gasteiger partial charge on any atom is -0.489 e. The van der Waals surface area contributed by atoms with Gasteiger partial charge in [-0.05, 0) is 49.2 Å². The van der Waals surface area contributed by atoms with Crippen molar-refractivity contribution >= 4 is 27.3 Å². The van der Waals surface area contributed by atoms with Crippen LogP contribution in [0.25, 0.3) is 11.1 Å². The van der Waals surface area contributed by atoms with E-state index in [1.807, 2.05) is 37.3 Å². The largest absolute Gasteiger partial charge is 0.489 e. The Morgan fingerprint density at radius 2 is 1.97 bits per heavy atom. The van der Waals surface area contributed by atoms with Gasteiger partial charge in [0, 0.05) is 17.8 Å². The highest BCUT2D eigenvalue weighted by Crippen LogP contribution is 2.40. The number of rotatable bonds is 6. The Morgan fingerprint density at radius 1 is 1.17 bits per heavy atom. The molecule has 1 aliphatic rings. The van der Waals surface area contributed by atoms with Crippen LogP contribution < -0.4 is 13.8 Å². The van der Waals surface area contributed by atoms with Gasteiger partial charge >= 0.3 is 0 Å². The van der Waals surface area contributed by atoms with E-state index in [1.165, 1.54) is 10.5 Å². The zero-order valence-electron chi connectivity index (χ0n) is 16.7. The summed E-state index contributed by atoms with van der Waals surface area (Å²) in [6, 6.07) is 12.9. The maximum atomic E-state index is 13.6. The topological polar surface area (TPSA) is 73.7 Å². The molecule has 0 spiro atoms. The predicted octanol–water partition coefficient (Wildman–Crippen LogP) is 4.21. The number of hydrogen-bond donors (Lipinski definition) is 0. The third-order valence-electron chi connectivity index (χ3n) is 4.81. The van der Waals surface area contributed by atoms with Gasteiger partial charge in [0.2, 0.25) is 0 Å². The summed E-state index contributed by atoms with van der Waals surface area (Å²) in [5.41, 5.74) is 2.21. The fourth-order valence-corrected chi connectivity index (χ4v) is 5.09. The lowest BCUT2D eigenvalue weighted by atomic mass is 10.0. The lowest BCUT2D eigenvalue weighted by molar-refractivity contribution is 0.311. The average Bonchev–Trinajstić information content (AvgIpc) is 3.17. The molecule has 7 nitrogen and oxygen atoms in total. The molecule has 1 aliphatic heterocycles. The highest BCUT2D eigenvalue weighted by Gasteiger charge is 2.34. The fourth-order valence-electron chi connectivity index (χ4n) is 3.37. The summed E-state index contributed by atoms with van der Waals surface area (Å²) < 4.78 is 41.3. The molecule has 0 aliphatic carbocycles. The van der Waals surface area contributed by atoms with E-state index in [1.54, 1.807) is 23.7 Å². The Bertz CT molecular complexity index is 1180. The van der Waals surface area contributed by atoms with Gasteiger partial charge in [-0.25, -0.2) is 8.42 Å². The van der Waals surface area contributed by atoms with Crippen LogP contribution in [0.1, 0.15) is 13.8 Å². The number of sulfonamides is 1. The van der Waals surface area contributed by atoms with E-state index in [0.717, 1.165) is 11.1 Å². The lowest BCUT2D eigenvalue weighted by Gasteiger charge is -2.30. The molecule has 9 heteroatoms. The molecule has 2 heterocycles. The van der Waals surface area contributed by atoms with Crippen LogP contribution in [-0.4, -0.2) is 38.0 Å². The van der Waals surface area contributed by atoms with Crippen molar-refractivity contribution in [2.24, 2.45) is 0 Å². The number of nitrogens with zero attached hydrogens (tertiary/aromatic N) is 3. The zero-order chi connectivity index (χ0) is 21.3. The number of ether oxygens (including phenoxy) is 2. The maximum absolute atomic E-state index is 13.6. The van der Waals surface area contributed by atoms with Crippen LogP contribution in [-0.2, 0) is 16.6 Å². The quantitative estimate of drug-likeness (QED) is 0.566. The van der Waals surface area contributed by atoms with E-state index in [2.05, 4.69) is 5.10 Å². The van der Waals surface area contributed by atoms with E-state index >= 15 is 0 Å². The number of fused-ring (bicyclic) bond motifs is 1. The number of halogens is 1. The standard InChI is InChI=1S/C21H22ClN3O4S/c1-3-24-14-20(21(23-24)28-4-2)30(26,27)25-10-11-29-19-9-8-16(13-18(19)25)15-6-5-7-17(22)12-15/h5-9,12-14H,3-4,10-11H2,1-2H3. The van der Waals surface area contributed by atoms with Crippen LogP contribution >= 0.6 is 11.6 Å². The molecule has 2 aromatic carbocycles. The third kappa shape index (κ3) is 3.73. The molecule has 0 atom stereocenters. The summed E-state index contributed by atoms with van der Waals surface area (Å²) >= 11 is 6.13. The summed E-state index contributed by atoms with van der Waals surface area (Å²) in [7, 11) is -3.91.